The molecule has 1 fully saturated rings. The molecule has 3 aromatic carbocycles. The minimum Gasteiger partial charge on any atom is -0.507 e. The number of ketones is 1. The summed E-state index contributed by atoms with van der Waals surface area (Å²) >= 11 is 6.26. The number of aliphatic hydroxyl groups excluding tert-OH is 1. The fourth-order valence-electron chi connectivity index (χ4n) is 4.76. The number of carbonyl (C=O) groups is 2. The number of halogens is 1. The number of hydrogen-bond acceptors (Lipinski definition) is 5. The molecular formula is C28H23ClN2O5. The van der Waals surface area contributed by atoms with E-state index in [-0.39, 0.29) is 33.4 Å². The highest BCUT2D eigenvalue weighted by atomic mass is 35.5. The number of nitrogens with zero attached hydrogens (tertiary/aromatic N) is 2. The Morgan fingerprint density at radius 3 is 2.31 bits per heavy atom. The maximum atomic E-state index is 13.5. The molecule has 2 heterocycles. The van der Waals surface area contributed by atoms with Crippen molar-refractivity contribution in [1.29, 1.82) is 0 Å². The number of ether oxygens (including phenoxy) is 2. The number of aromatic nitrogens is 1. The lowest BCUT2D eigenvalue weighted by Crippen LogP contribution is -2.29. The quantitative estimate of drug-likeness (QED) is 0.222. The number of hydrogen-bond donors (Lipinski definition) is 1. The van der Waals surface area contributed by atoms with Crippen LogP contribution in [-0.2, 0) is 16.6 Å². The lowest BCUT2D eigenvalue weighted by molar-refractivity contribution is -0.132. The molecule has 5 rings (SSSR count). The SMILES string of the molecule is COc1cc(/C(O)=C2\C(=O)C(=O)N(c3ccccc3)C2c2cn(C)c3ccccc23)c(OC)cc1Cl. The molecule has 36 heavy (non-hydrogen) atoms. The fraction of sp³-hybridized carbons (Fsp3) is 0.143. The van der Waals surface area contributed by atoms with Gasteiger partial charge in [0.25, 0.3) is 11.7 Å². The van der Waals surface area contributed by atoms with Gasteiger partial charge in [0, 0.05) is 41.5 Å². The van der Waals surface area contributed by atoms with Crippen LogP contribution in [0.25, 0.3) is 16.7 Å². The summed E-state index contributed by atoms with van der Waals surface area (Å²) < 4.78 is 12.7. The van der Waals surface area contributed by atoms with Crippen LogP contribution in [0.3, 0.4) is 0 Å². The van der Waals surface area contributed by atoms with Gasteiger partial charge in [-0.25, -0.2) is 0 Å². The maximum absolute atomic E-state index is 13.5. The second kappa shape index (κ2) is 9.09. The topological polar surface area (TPSA) is 81.0 Å². The first kappa shape index (κ1) is 23.5. The number of aliphatic hydroxyl groups is 1. The first-order valence-corrected chi connectivity index (χ1v) is 11.6. The molecule has 1 saturated heterocycles. The van der Waals surface area contributed by atoms with Gasteiger partial charge in [0.05, 0.1) is 36.4 Å². The number of amides is 1. The summed E-state index contributed by atoms with van der Waals surface area (Å²) in [6.07, 6.45) is 1.88. The number of methoxy groups -OCH3 is 2. The monoisotopic (exact) mass is 502 g/mol. The summed E-state index contributed by atoms with van der Waals surface area (Å²) in [4.78, 5) is 28.4. The molecule has 1 unspecified atom stereocenters. The second-order valence-electron chi connectivity index (χ2n) is 8.40. The summed E-state index contributed by atoms with van der Waals surface area (Å²) in [6, 6.07) is 18.7. The van der Waals surface area contributed by atoms with Gasteiger partial charge in [-0.15, -0.1) is 0 Å². The maximum Gasteiger partial charge on any atom is 0.300 e. The van der Waals surface area contributed by atoms with E-state index >= 15 is 0 Å². The number of fused-ring (bicyclic) bond motifs is 1. The van der Waals surface area contributed by atoms with Gasteiger partial charge < -0.3 is 19.1 Å². The molecule has 4 aromatic rings. The normalized spacial score (nSPS) is 17.1. The van der Waals surface area contributed by atoms with E-state index in [1.807, 2.05) is 48.1 Å². The average molecular weight is 503 g/mol. The average Bonchev–Trinajstić information content (AvgIpc) is 3.37. The number of benzene rings is 3. The third-order valence-corrected chi connectivity index (χ3v) is 6.73. The van der Waals surface area contributed by atoms with Crippen LogP contribution in [0.5, 0.6) is 11.5 Å². The fourth-order valence-corrected chi connectivity index (χ4v) is 4.99. The largest absolute Gasteiger partial charge is 0.507 e. The summed E-state index contributed by atoms with van der Waals surface area (Å²) in [6.45, 7) is 0. The van der Waals surface area contributed by atoms with E-state index in [4.69, 9.17) is 21.1 Å². The number of rotatable bonds is 5. The van der Waals surface area contributed by atoms with Gasteiger partial charge in [-0.05, 0) is 24.3 Å². The lowest BCUT2D eigenvalue weighted by Gasteiger charge is -2.25. The van der Waals surface area contributed by atoms with Gasteiger partial charge in [-0.1, -0.05) is 48.0 Å². The predicted molar refractivity (Wildman–Crippen MR) is 139 cm³/mol. The van der Waals surface area contributed by atoms with Gasteiger partial charge in [0.15, 0.2) is 0 Å². The van der Waals surface area contributed by atoms with E-state index in [1.165, 1.54) is 31.3 Å². The number of para-hydroxylation sites is 2. The standard InChI is InChI=1S/C28H23ClN2O5/c1-30-15-19(17-11-7-8-12-21(17)30)25-24(27(33)28(34)31(25)16-9-5-4-6-10-16)26(32)18-13-23(36-3)20(29)14-22(18)35-2/h4-15,25,32H,1-3H3/b26-24+. The van der Waals surface area contributed by atoms with Gasteiger partial charge >= 0.3 is 0 Å². The highest BCUT2D eigenvalue weighted by Crippen LogP contribution is 2.46. The smallest absolute Gasteiger partial charge is 0.300 e. The summed E-state index contributed by atoms with van der Waals surface area (Å²) in [5.74, 6) is -1.39. The zero-order chi connectivity index (χ0) is 25.6. The molecule has 182 valence electrons. The zero-order valence-corrected chi connectivity index (χ0v) is 20.6. The predicted octanol–water partition coefficient (Wildman–Crippen LogP) is 5.48. The molecule has 8 heteroatoms. The van der Waals surface area contributed by atoms with Crippen LogP contribution in [0, 0.1) is 0 Å². The van der Waals surface area contributed by atoms with Crippen LogP contribution < -0.4 is 14.4 Å². The molecule has 0 spiro atoms. The molecule has 1 N–H and O–H groups in total. The minimum absolute atomic E-state index is 0.0529. The van der Waals surface area contributed by atoms with Gasteiger partial charge in [0.1, 0.15) is 17.3 Å². The Balaban J connectivity index is 1.83. The van der Waals surface area contributed by atoms with Crippen molar-refractivity contribution in [2.24, 2.45) is 7.05 Å². The van der Waals surface area contributed by atoms with E-state index in [2.05, 4.69) is 0 Å². The number of Topliss-reactive ketones (excluding diaryl/α,β-unsaturated/α-hetero) is 1. The third-order valence-electron chi connectivity index (χ3n) is 6.43. The van der Waals surface area contributed by atoms with E-state index in [9.17, 15) is 14.7 Å². The van der Waals surface area contributed by atoms with Crippen LogP contribution in [0.1, 0.15) is 17.2 Å². The minimum atomic E-state index is -0.884. The van der Waals surface area contributed by atoms with E-state index in [0.29, 0.717) is 11.3 Å². The van der Waals surface area contributed by atoms with Crippen molar-refractivity contribution in [3.63, 3.8) is 0 Å². The van der Waals surface area contributed by atoms with Crippen LogP contribution in [0.2, 0.25) is 5.02 Å². The highest BCUT2D eigenvalue weighted by Gasteiger charge is 2.48. The van der Waals surface area contributed by atoms with E-state index in [0.717, 1.165) is 10.9 Å². The van der Waals surface area contributed by atoms with Crippen molar-refractivity contribution >= 4 is 45.6 Å². The summed E-state index contributed by atoms with van der Waals surface area (Å²) in [5.41, 5.74) is 2.31. The Morgan fingerprint density at radius 1 is 0.944 bits per heavy atom. The Morgan fingerprint density at radius 2 is 1.61 bits per heavy atom. The molecule has 0 bridgehead atoms. The van der Waals surface area contributed by atoms with Crippen molar-refractivity contribution < 1.29 is 24.2 Å². The van der Waals surface area contributed by atoms with Crippen LogP contribution >= 0.6 is 11.6 Å². The Bertz CT molecular complexity index is 1540. The molecule has 1 aliphatic rings. The Kier molecular flexibility index (Phi) is 5.94. The van der Waals surface area contributed by atoms with Crippen molar-refractivity contribution in [2.75, 3.05) is 19.1 Å². The van der Waals surface area contributed by atoms with Crippen LogP contribution in [0.4, 0.5) is 5.69 Å². The molecule has 1 aromatic heterocycles. The number of aryl methyl sites for hydroxylation is 1. The van der Waals surface area contributed by atoms with Crippen LogP contribution in [0.15, 0.2) is 78.5 Å². The van der Waals surface area contributed by atoms with Crippen molar-refractivity contribution in [2.45, 2.75) is 6.04 Å². The molecule has 0 saturated carbocycles. The van der Waals surface area contributed by atoms with Crippen molar-refractivity contribution in [1.82, 2.24) is 4.57 Å². The van der Waals surface area contributed by atoms with E-state index < -0.39 is 17.7 Å². The molecule has 1 aliphatic heterocycles. The highest BCUT2D eigenvalue weighted by molar-refractivity contribution is 6.52. The number of carbonyl (C=O) groups excluding carboxylic acids is 2. The molecule has 1 atom stereocenters. The van der Waals surface area contributed by atoms with Crippen molar-refractivity contribution in [3.05, 3.63) is 94.6 Å². The zero-order valence-electron chi connectivity index (χ0n) is 19.9. The van der Waals surface area contributed by atoms with Gasteiger partial charge in [-0.2, -0.15) is 0 Å². The number of anilines is 1. The first-order valence-electron chi connectivity index (χ1n) is 11.2. The molecule has 0 aliphatic carbocycles. The summed E-state index contributed by atoms with van der Waals surface area (Å²) in [5, 5.41) is 12.7. The second-order valence-corrected chi connectivity index (χ2v) is 8.81. The lowest BCUT2D eigenvalue weighted by atomic mass is 9.94. The molecule has 1 amide bonds. The van der Waals surface area contributed by atoms with E-state index in [1.54, 1.807) is 24.3 Å². The Hall–Kier alpha value is -4.23. The van der Waals surface area contributed by atoms with Gasteiger partial charge in [-0.3, -0.25) is 14.5 Å². The van der Waals surface area contributed by atoms with Gasteiger partial charge in [0.2, 0.25) is 0 Å². The Labute approximate surface area is 212 Å². The third kappa shape index (κ3) is 3.60. The van der Waals surface area contributed by atoms with Crippen LogP contribution in [-0.4, -0.2) is 35.6 Å². The van der Waals surface area contributed by atoms with Crippen molar-refractivity contribution in [3.8, 4) is 11.5 Å². The first-order chi connectivity index (χ1) is 17.4. The molecular weight excluding hydrogens is 480 g/mol. The summed E-state index contributed by atoms with van der Waals surface area (Å²) in [7, 11) is 4.77. The molecule has 7 nitrogen and oxygen atoms in total. The molecule has 0 radical (unpaired) electrons.